The Morgan fingerprint density at radius 1 is 1.37 bits per heavy atom. The van der Waals surface area contributed by atoms with Crippen molar-refractivity contribution < 1.29 is 9.64 Å². The predicted octanol–water partition coefficient (Wildman–Crippen LogP) is -0.250. The minimum Gasteiger partial charge on any atom is -0.370 e. The lowest BCUT2D eigenvalue weighted by Crippen LogP contribution is -3.13. The number of hydrogen-bond donors (Lipinski definition) is 1. The van der Waals surface area contributed by atoms with Gasteiger partial charge in [-0.2, -0.15) is 4.68 Å². The highest BCUT2D eigenvalue weighted by Gasteiger charge is 2.16. The van der Waals surface area contributed by atoms with Gasteiger partial charge >= 0.3 is 0 Å². The number of morpholine rings is 1. The number of rotatable bonds is 2. The van der Waals surface area contributed by atoms with Gasteiger partial charge in [0.25, 0.3) is 5.78 Å². The molecule has 1 aliphatic rings. The fourth-order valence-electron chi connectivity index (χ4n) is 2.47. The molecule has 0 radical (unpaired) electrons. The summed E-state index contributed by atoms with van der Waals surface area (Å²) in [6.07, 6.45) is 0. The largest absolute Gasteiger partial charge is 0.370 e. The molecule has 0 aromatic carbocycles. The molecule has 0 bridgehead atoms. The summed E-state index contributed by atoms with van der Waals surface area (Å²) in [5, 5.41) is 4.53. The van der Waals surface area contributed by atoms with E-state index in [0.29, 0.717) is 5.78 Å². The summed E-state index contributed by atoms with van der Waals surface area (Å²) in [4.78, 5) is 5.89. The van der Waals surface area contributed by atoms with Crippen molar-refractivity contribution in [1.29, 1.82) is 0 Å². The van der Waals surface area contributed by atoms with Gasteiger partial charge in [-0.05, 0) is 32.1 Å². The van der Waals surface area contributed by atoms with Crippen LogP contribution in [-0.4, -0.2) is 45.5 Å². The van der Waals surface area contributed by atoms with Gasteiger partial charge in [0, 0.05) is 11.4 Å². The Hall–Kier alpha value is -1.31. The number of hydrogen-bond acceptors (Lipinski definition) is 4. The van der Waals surface area contributed by atoms with E-state index in [0.717, 1.165) is 49.1 Å². The SMILES string of the molecule is Cc1cc(C)n2c(=S)n(C[NH+]3CCOCC3)nc2n1. The van der Waals surface area contributed by atoms with E-state index in [-0.39, 0.29) is 0 Å². The van der Waals surface area contributed by atoms with Gasteiger partial charge in [0.05, 0.1) is 13.2 Å². The van der Waals surface area contributed by atoms with Crippen molar-refractivity contribution in [2.45, 2.75) is 20.5 Å². The molecule has 0 amide bonds. The molecule has 1 N–H and O–H groups in total. The first-order valence-corrected chi connectivity index (χ1v) is 6.91. The maximum absolute atomic E-state index is 5.51. The first-order valence-electron chi connectivity index (χ1n) is 6.50. The van der Waals surface area contributed by atoms with E-state index in [1.807, 2.05) is 29.0 Å². The lowest BCUT2D eigenvalue weighted by molar-refractivity contribution is -0.930. The third kappa shape index (κ3) is 2.41. The number of aromatic nitrogens is 4. The van der Waals surface area contributed by atoms with Gasteiger partial charge in [-0.1, -0.05) is 0 Å². The molecule has 0 atom stereocenters. The fourth-order valence-corrected chi connectivity index (χ4v) is 2.80. The number of nitrogens with zero attached hydrogens (tertiary/aromatic N) is 4. The smallest absolute Gasteiger partial charge is 0.254 e. The standard InChI is InChI=1S/C12H17N5OS/c1-9-7-10(2)17-11(13-9)14-16(12(17)19)8-15-3-5-18-6-4-15/h7H,3-6,8H2,1-2H3/p+1. The zero-order valence-electron chi connectivity index (χ0n) is 11.2. The molecule has 2 aromatic rings. The Morgan fingerprint density at radius 2 is 2.11 bits per heavy atom. The molecule has 1 fully saturated rings. The molecular weight excluding hydrogens is 262 g/mol. The van der Waals surface area contributed by atoms with Crippen LogP contribution in [0, 0.1) is 18.6 Å². The van der Waals surface area contributed by atoms with Gasteiger partial charge in [0.15, 0.2) is 6.67 Å². The van der Waals surface area contributed by atoms with E-state index in [9.17, 15) is 0 Å². The number of fused-ring (bicyclic) bond motifs is 1. The fraction of sp³-hybridized carbons (Fsp3) is 0.583. The van der Waals surface area contributed by atoms with Gasteiger partial charge < -0.3 is 9.64 Å². The average molecular weight is 280 g/mol. The van der Waals surface area contributed by atoms with Crippen LogP contribution < -0.4 is 4.90 Å². The summed E-state index contributed by atoms with van der Waals surface area (Å²) < 4.78 is 9.90. The summed E-state index contributed by atoms with van der Waals surface area (Å²) in [7, 11) is 0. The lowest BCUT2D eigenvalue weighted by atomic mass is 10.3. The van der Waals surface area contributed by atoms with Crippen LogP contribution in [0.3, 0.4) is 0 Å². The van der Waals surface area contributed by atoms with Crippen LogP contribution in [-0.2, 0) is 11.4 Å². The van der Waals surface area contributed by atoms with Crippen LogP contribution in [0.4, 0.5) is 0 Å². The number of nitrogens with one attached hydrogen (secondary N) is 1. The van der Waals surface area contributed by atoms with Crippen molar-refractivity contribution in [3.63, 3.8) is 0 Å². The van der Waals surface area contributed by atoms with Crippen molar-refractivity contribution in [3.05, 3.63) is 22.2 Å². The quantitative estimate of drug-likeness (QED) is 0.771. The van der Waals surface area contributed by atoms with Gasteiger partial charge in [-0.3, -0.25) is 4.40 Å². The van der Waals surface area contributed by atoms with Crippen LogP contribution in [0.5, 0.6) is 0 Å². The molecule has 0 saturated carbocycles. The molecule has 2 aromatic heterocycles. The predicted molar refractivity (Wildman–Crippen MR) is 72.8 cm³/mol. The van der Waals surface area contributed by atoms with Crippen molar-refractivity contribution >= 4 is 18.0 Å². The number of quaternary nitrogens is 1. The average Bonchev–Trinajstić information content (AvgIpc) is 2.67. The zero-order chi connectivity index (χ0) is 13.4. The second-order valence-electron chi connectivity index (χ2n) is 4.98. The molecule has 3 heterocycles. The van der Waals surface area contributed by atoms with E-state index in [4.69, 9.17) is 17.0 Å². The Kier molecular flexibility index (Phi) is 3.34. The van der Waals surface area contributed by atoms with Crippen LogP contribution in [0.2, 0.25) is 0 Å². The second kappa shape index (κ2) is 4.99. The van der Waals surface area contributed by atoms with Crippen molar-refractivity contribution in [1.82, 2.24) is 19.2 Å². The summed E-state index contributed by atoms with van der Waals surface area (Å²) >= 11 is 5.51. The Bertz CT molecular complexity index is 656. The summed E-state index contributed by atoms with van der Waals surface area (Å²) in [5.74, 6) is 0.690. The van der Waals surface area contributed by atoms with E-state index in [1.165, 1.54) is 4.90 Å². The molecule has 19 heavy (non-hydrogen) atoms. The first-order chi connectivity index (χ1) is 9.15. The topological polar surface area (TPSA) is 48.8 Å². The minimum atomic E-state index is 0.690. The lowest BCUT2D eigenvalue weighted by Gasteiger charge is -2.23. The molecule has 0 unspecified atom stereocenters. The van der Waals surface area contributed by atoms with Crippen molar-refractivity contribution in [2.75, 3.05) is 26.3 Å². The van der Waals surface area contributed by atoms with Crippen molar-refractivity contribution in [2.24, 2.45) is 0 Å². The molecular formula is C12H18N5OS+. The maximum atomic E-state index is 5.51. The van der Waals surface area contributed by atoms with Crippen LogP contribution >= 0.6 is 12.2 Å². The second-order valence-corrected chi connectivity index (χ2v) is 5.34. The van der Waals surface area contributed by atoms with E-state index in [1.54, 1.807) is 0 Å². The van der Waals surface area contributed by atoms with E-state index < -0.39 is 0 Å². The molecule has 7 heteroatoms. The molecule has 1 saturated heterocycles. The third-order valence-corrected chi connectivity index (χ3v) is 3.84. The number of aryl methyl sites for hydroxylation is 2. The Labute approximate surface area is 116 Å². The summed E-state index contributed by atoms with van der Waals surface area (Å²) in [6.45, 7) is 8.42. The van der Waals surface area contributed by atoms with Crippen LogP contribution in [0.1, 0.15) is 11.4 Å². The van der Waals surface area contributed by atoms with Gasteiger partial charge in [0.2, 0.25) is 4.77 Å². The first kappa shape index (κ1) is 12.7. The molecule has 1 aliphatic heterocycles. The normalized spacial score (nSPS) is 17.2. The highest BCUT2D eigenvalue weighted by atomic mass is 32.1. The summed E-state index contributed by atoms with van der Waals surface area (Å²) in [5.41, 5.74) is 2.05. The summed E-state index contributed by atoms with van der Waals surface area (Å²) in [6, 6.07) is 2.02. The molecule has 6 nitrogen and oxygen atoms in total. The zero-order valence-corrected chi connectivity index (χ0v) is 12.0. The Balaban J connectivity index is 1.98. The molecule has 102 valence electrons. The molecule has 0 aliphatic carbocycles. The van der Waals surface area contributed by atoms with Gasteiger partial charge in [-0.25, -0.2) is 4.98 Å². The van der Waals surface area contributed by atoms with E-state index >= 15 is 0 Å². The highest BCUT2D eigenvalue weighted by Crippen LogP contribution is 2.06. The van der Waals surface area contributed by atoms with Gasteiger partial charge in [0.1, 0.15) is 13.1 Å². The van der Waals surface area contributed by atoms with Crippen LogP contribution in [0.25, 0.3) is 5.78 Å². The van der Waals surface area contributed by atoms with E-state index in [2.05, 4.69) is 10.1 Å². The van der Waals surface area contributed by atoms with Gasteiger partial charge in [-0.15, -0.1) is 5.10 Å². The Morgan fingerprint density at radius 3 is 2.84 bits per heavy atom. The van der Waals surface area contributed by atoms with Crippen LogP contribution in [0.15, 0.2) is 6.07 Å². The molecule has 0 spiro atoms. The number of ether oxygens (including phenoxy) is 1. The molecule has 3 rings (SSSR count). The monoisotopic (exact) mass is 280 g/mol. The van der Waals surface area contributed by atoms with Crippen molar-refractivity contribution in [3.8, 4) is 0 Å². The highest BCUT2D eigenvalue weighted by molar-refractivity contribution is 7.71. The maximum Gasteiger partial charge on any atom is 0.254 e. The minimum absolute atomic E-state index is 0.690. The third-order valence-electron chi connectivity index (χ3n) is 3.44.